The third kappa shape index (κ3) is 4.17. The molecule has 2 aliphatic rings. The molecule has 2 saturated carbocycles. The summed E-state index contributed by atoms with van der Waals surface area (Å²) >= 11 is 0. The zero-order valence-electron chi connectivity index (χ0n) is 14.5. The highest BCUT2D eigenvalue weighted by atomic mass is 19.4. The molecule has 0 aliphatic heterocycles. The molecule has 5 heteroatoms. The Kier molecular flexibility index (Phi) is 5.62. The number of halogens is 3. The van der Waals surface area contributed by atoms with Gasteiger partial charge in [0.1, 0.15) is 5.60 Å². The van der Waals surface area contributed by atoms with Crippen LogP contribution >= 0.6 is 0 Å². The number of alkyl halides is 3. The Bertz CT molecular complexity index is 393. The van der Waals surface area contributed by atoms with Crippen LogP contribution in [0.25, 0.3) is 0 Å². The summed E-state index contributed by atoms with van der Waals surface area (Å²) in [6.45, 7) is 11.3. The van der Waals surface area contributed by atoms with Crippen LogP contribution in [0.3, 0.4) is 0 Å². The molecule has 2 nitrogen and oxygen atoms in total. The SMILES string of the molecule is CC(C)(C)OC(=O)C1(C(F)(F)F)CC2CCC1C2.CC(C)C. The fourth-order valence-electron chi connectivity index (χ4n) is 3.41. The molecule has 0 radical (unpaired) electrons. The largest absolute Gasteiger partial charge is 0.459 e. The van der Waals surface area contributed by atoms with Gasteiger partial charge in [0.25, 0.3) is 0 Å². The molecule has 130 valence electrons. The number of carbonyl (C=O) groups excluding carboxylic acids is 1. The van der Waals surface area contributed by atoms with Crippen molar-refractivity contribution in [3.8, 4) is 0 Å². The smallest absolute Gasteiger partial charge is 0.405 e. The molecule has 22 heavy (non-hydrogen) atoms. The zero-order chi connectivity index (χ0) is 17.3. The van der Waals surface area contributed by atoms with Crippen molar-refractivity contribution in [1.29, 1.82) is 0 Å². The van der Waals surface area contributed by atoms with Gasteiger partial charge in [-0.25, -0.2) is 0 Å². The van der Waals surface area contributed by atoms with Crippen LogP contribution in [-0.4, -0.2) is 17.7 Å². The number of carbonyl (C=O) groups is 1. The maximum Gasteiger partial charge on any atom is 0.405 e. The second-order valence-corrected chi connectivity index (χ2v) is 8.28. The first-order valence-corrected chi connectivity index (χ1v) is 8.09. The molecular formula is C17H29F3O2. The van der Waals surface area contributed by atoms with Crippen LogP contribution in [0.1, 0.15) is 67.2 Å². The summed E-state index contributed by atoms with van der Waals surface area (Å²) in [4.78, 5) is 12.1. The number of fused-ring (bicyclic) bond motifs is 2. The summed E-state index contributed by atoms with van der Waals surface area (Å²) < 4.78 is 45.2. The number of rotatable bonds is 1. The van der Waals surface area contributed by atoms with Gasteiger partial charge >= 0.3 is 12.1 Å². The molecule has 0 heterocycles. The average molecular weight is 322 g/mol. The minimum Gasteiger partial charge on any atom is -0.459 e. The zero-order valence-corrected chi connectivity index (χ0v) is 14.5. The molecule has 0 aromatic rings. The van der Waals surface area contributed by atoms with Crippen molar-refractivity contribution in [3.63, 3.8) is 0 Å². The fraction of sp³-hybridized carbons (Fsp3) is 0.941. The molecule has 2 fully saturated rings. The number of hydrogen-bond acceptors (Lipinski definition) is 2. The third-order valence-electron chi connectivity index (χ3n) is 4.12. The summed E-state index contributed by atoms with van der Waals surface area (Å²) in [5.41, 5.74) is -3.12. The molecule has 0 aromatic heterocycles. The van der Waals surface area contributed by atoms with E-state index in [9.17, 15) is 18.0 Å². The van der Waals surface area contributed by atoms with E-state index >= 15 is 0 Å². The van der Waals surface area contributed by atoms with E-state index in [1.807, 2.05) is 0 Å². The van der Waals surface area contributed by atoms with Crippen molar-refractivity contribution < 1.29 is 22.7 Å². The first-order valence-electron chi connectivity index (χ1n) is 8.09. The van der Waals surface area contributed by atoms with Gasteiger partial charge in [-0.1, -0.05) is 27.2 Å². The molecule has 2 bridgehead atoms. The third-order valence-corrected chi connectivity index (χ3v) is 4.12. The summed E-state index contributed by atoms with van der Waals surface area (Å²) in [7, 11) is 0. The van der Waals surface area contributed by atoms with Crippen molar-refractivity contribution in [2.75, 3.05) is 0 Å². The van der Waals surface area contributed by atoms with Gasteiger partial charge in [-0.3, -0.25) is 4.79 Å². The molecule has 0 spiro atoms. The van der Waals surface area contributed by atoms with Crippen LogP contribution in [0.4, 0.5) is 13.2 Å². The predicted molar refractivity (Wildman–Crippen MR) is 80.3 cm³/mol. The normalized spacial score (nSPS) is 31.0. The summed E-state index contributed by atoms with van der Waals surface area (Å²) in [5, 5.41) is 0. The topological polar surface area (TPSA) is 26.3 Å². The van der Waals surface area contributed by atoms with Gasteiger partial charge in [0.15, 0.2) is 5.41 Å². The fourth-order valence-corrected chi connectivity index (χ4v) is 3.41. The van der Waals surface area contributed by atoms with Gasteiger partial charge in [0.2, 0.25) is 0 Å². The van der Waals surface area contributed by atoms with Crippen LogP contribution in [0, 0.1) is 23.2 Å². The van der Waals surface area contributed by atoms with Gasteiger partial charge in [-0.2, -0.15) is 13.2 Å². The molecule has 0 saturated heterocycles. The molecular weight excluding hydrogens is 293 g/mol. The number of esters is 1. The Balaban J connectivity index is 0.000000541. The van der Waals surface area contributed by atoms with Crippen molar-refractivity contribution in [1.82, 2.24) is 0 Å². The lowest BCUT2D eigenvalue weighted by atomic mass is 9.72. The van der Waals surface area contributed by atoms with Gasteiger partial charge in [0.05, 0.1) is 0 Å². The van der Waals surface area contributed by atoms with Crippen molar-refractivity contribution in [3.05, 3.63) is 0 Å². The maximum atomic E-state index is 13.4. The molecule has 2 aliphatic carbocycles. The van der Waals surface area contributed by atoms with E-state index < -0.39 is 29.1 Å². The van der Waals surface area contributed by atoms with E-state index in [0.717, 1.165) is 12.3 Å². The highest BCUT2D eigenvalue weighted by molar-refractivity contribution is 5.79. The Labute approximate surface area is 131 Å². The number of ether oxygens (including phenoxy) is 1. The van der Waals surface area contributed by atoms with Gasteiger partial charge in [0, 0.05) is 0 Å². The van der Waals surface area contributed by atoms with E-state index in [1.54, 1.807) is 20.8 Å². The monoisotopic (exact) mass is 322 g/mol. The highest BCUT2D eigenvalue weighted by Crippen LogP contribution is 2.63. The van der Waals surface area contributed by atoms with E-state index in [-0.39, 0.29) is 12.3 Å². The standard InChI is InChI=1S/C13H19F3O2.C4H10/c1-11(2,3)18-10(17)12(13(14,15)16)7-8-4-5-9(12)6-8;1-4(2)3/h8-9H,4-7H2,1-3H3;4H,1-3H3. The molecule has 0 amide bonds. The average Bonchev–Trinajstić information content (AvgIpc) is 2.83. The van der Waals surface area contributed by atoms with Crippen LogP contribution < -0.4 is 0 Å². The van der Waals surface area contributed by atoms with Crippen molar-refractivity contribution in [2.45, 2.75) is 79.0 Å². The van der Waals surface area contributed by atoms with Crippen molar-refractivity contribution >= 4 is 5.97 Å². The number of hydrogen-bond donors (Lipinski definition) is 0. The summed E-state index contributed by atoms with van der Waals surface area (Å²) in [5.74, 6) is -0.795. The quantitative estimate of drug-likeness (QED) is 0.608. The lowest BCUT2D eigenvalue weighted by molar-refractivity contribution is -0.252. The van der Waals surface area contributed by atoms with E-state index in [2.05, 4.69) is 20.8 Å². The van der Waals surface area contributed by atoms with Gasteiger partial charge in [-0.05, 0) is 57.8 Å². The Hall–Kier alpha value is -0.740. The predicted octanol–water partition coefficient (Wildman–Crippen LogP) is 5.36. The summed E-state index contributed by atoms with van der Waals surface area (Å²) in [6.07, 6.45) is -2.78. The van der Waals surface area contributed by atoms with E-state index in [0.29, 0.717) is 12.8 Å². The lowest BCUT2D eigenvalue weighted by Crippen LogP contribution is -2.51. The highest BCUT2D eigenvalue weighted by Gasteiger charge is 2.70. The second-order valence-electron chi connectivity index (χ2n) is 8.28. The minimum atomic E-state index is -4.50. The maximum absolute atomic E-state index is 13.4. The Morgan fingerprint density at radius 3 is 1.91 bits per heavy atom. The van der Waals surface area contributed by atoms with Crippen molar-refractivity contribution in [2.24, 2.45) is 23.2 Å². The lowest BCUT2D eigenvalue weighted by Gasteiger charge is -2.38. The van der Waals surface area contributed by atoms with Gasteiger partial charge in [-0.15, -0.1) is 0 Å². The molecule has 3 atom stereocenters. The first-order chi connectivity index (χ1) is 9.79. The van der Waals surface area contributed by atoms with E-state index in [1.165, 1.54) is 0 Å². The van der Waals surface area contributed by atoms with Crippen LogP contribution in [-0.2, 0) is 9.53 Å². The van der Waals surface area contributed by atoms with Crippen LogP contribution in [0.2, 0.25) is 0 Å². The molecule has 0 N–H and O–H groups in total. The van der Waals surface area contributed by atoms with Gasteiger partial charge < -0.3 is 4.74 Å². The molecule has 0 aromatic carbocycles. The minimum absolute atomic E-state index is 0.0316. The second kappa shape index (κ2) is 6.40. The Morgan fingerprint density at radius 2 is 1.64 bits per heavy atom. The molecule has 2 rings (SSSR count). The first kappa shape index (κ1) is 19.3. The molecule has 3 unspecified atom stereocenters. The Morgan fingerprint density at radius 1 is 1.14 bits per heavy atom. The van der Waals surface area contributed by atoms with Crippen LogP contribution in [0.15, 0.2) is 0 Å². The van der Waals surface area contributed by atoms with E-state index in [4.69, 9.17) is 4.74 Å². The van der Waals surface area contributed by atoms with Crippen LogP contribution in [0.5, 0.6) is 0 Å². The summed E-state index contributed by atoms with van der Waals surface area (Å²) in [6, 6.07) is 0.